The average Bonchev–Trinajstić information content (AvgIpc) is 2.50. The zero-order valence-electron chi connectivity index (χ0n) is 6.57. The molecule has 4 heteroatoms. The first-order valence-corrected chi connectivity index (χ1v) is 3.69. The fourth-order valence-electron chi connectivity index (χ4n) is 0.852. The zero-order valence-corrected chi connectivity index (χ0v) is 6.57. The highest BCUT2D eigenvalue weighted by atomic mass is 16.3. The van der Waals surface area contributed by atoms with Crippen molar-refractivity contribution in [3.8, 4) is 0 Å². The van der Waals surface area contributed by atoms with E-state index in [-0.39, 0.29) is 6.54 Å². The first kappa shape index (κ1) is 8.23. The molecule has 0 saturated heterocycles. The van der Waals surface area contributed by atoms with Gasteiger partial charge in [0.25, 0.3) is 0 Å². The van der Waals surface area contributed by atoms with Crippen molar-refractivity contribution < 1.29 is 5.11 Å². The maximum Gasteiger partial charge on any atom is 0.110 e. The van der Waals surface area contributed by atoms with E-state index in [2.05, 4.69) is 5.10 Å². The lowest BCUT2D eigenvalue weighted by molar-refractivity contribution is 0.181. The second kappa shape index (κ2) is 3.50. The van der Waals surface area contributed by atoms with Crippen molar-refractivity contribution in [3.05, 3.63) is 18.0 Å². The number of hydrogen-bond donors (Lipinski definition) is 2. The van der Waals surface area contributed by atoms with Crippen molar-refractivity contribution in [2.75, 3.05) is 6.54 Å². The molecule has 0 fully saturated rings. The number of aliphatic hydroxyl groups is 1. The van der Waals surface area contributed by atoms with Crippen LogP contribution in [0.15, 0.2) is 12.3 Å². The van der Waals surface area contributed by atoms with Crippen molar-refractivity contribution in [3.63, 3.8) is 0 Å². The lowest BCUT2D eigenvalue weighted by atomic mass is 10.3. The van der Waals surface area contributed by atoms with Crippen LogP contribution in [0.1, 0.15) is 18.7 Å². The number of aliphatic hydroxyl groups excluding tert-OH is 1. The summed E-state index contributed by atoms with van der Waals surface area (Å²) in [4.78, 5) is 0. The smallest absolute Gasteiger partial charge is 0.110 e. The Morgan fingerprint density at radius 3 is 3.00 bits per heavy atom. The van der Waals surface area contributed by atoms with Crippen LogP contribution < -0.4 is 5.73 Å². The summed E-state index contributed by atoms with van der Waals surface area (Å²) in [6.07, 6.45) is 1.21. The van der Waals surface area contributed by atoms with Crippen molar-refractivity contribution in [2.24, 2.45) is 5.73 Å². The van der Waals surface area contributed by atoms with E-state index in [0.29, 0.717) is 5.69 Å². The Morgan fingerprint density at radius 1 is 1.82 bits per heavy atom. The number of nitrogens with zero attached hydrogens (tertiary/aromatic N) is 2. The van der Waals surface area contributed by atoms with Gasteiger partial charge in [-0.2, -0.15) is 5.10 Å². The molecule has 0 saturated carbocycles. The van der Waals surface area contributed by atoms with Gasteiger partial charge in [-0.15, -0.1) is 0 Å². The third kappa shape index (κ3) is 1.78. The molecule has 1 atom stereocenters. The van der Waals surface area contributed by atoms with Crippen LogP contribution in [-0.4, -0.2) is 21.4 Å². The molecule has 0 aliphatic heterocycles. The summed E-state index contributed by atoms with van der Waals surface area (Å²) in [6, 6.07) is 1.78. The van der Waals surface area contributed by atoms with Gasteiger partial charge in [-0.05, 0) is 13.0 Å². The molecule has 0 aliphatic carbocycles. The molecular formula is C7H13N3O. The van der Waals surface area contributed by atoms with Crippen molar-refractivity contribution in [2.45, 2.75) is 19.6 Å². The molecule has 3 N–H and O–H groups in total. The molecule has 0 bridgehead atoms. The van der Waals surface area contributed by atoms with Crippen LogP contribution in [0.2, 0.25) is 0 Å². The molecule has 1 rings (SSSR count). The van der Waals surface area contributed by atoms with E-state index in [9.17, 15) is 5.11 Å². The van der Waals surface area contributed by atoms with Crippen molar-refractivity contribution >= 4 is 0 Å². The number of aryl methyl sites for hydroxylation is 1. The SMILES string of the molecule is CCn1ccc([C@H](O)CN)n1. The molecule has 0 aliphatic rings. The van der Waals surface area contributed by atoms with Gasteiger partial charge >= 0.3 is 0 Å². The lowest BCUT2D eigenvalue weighted by Gasteiger charge is -2.01. The zero-order chi connectivity index (χ0) is 8.27. The molecular weight excluding hydrogens is 142 g/mol. The quantitative estimate of drug-likeness (QED) is 0.640. The second-order valence-electron chi connectivity index (χ2n) is 2.35. The minimum atomic E-state index is -0.622. The molecule has 4 nitrogen and oxygen atoms in total. The van der Waals surface area contributed by atoms with Gasteiger partial charge < -0.3 is 10.8 Å². The van der Waals surface area contributed by atoms with E-state index in [1.165, 1.54) is 0 Å². The summed E-state index contributed by atoms with van der Waals surface area (Å²) in [6.45, 7) is 3.03. The first-order chi connectivity index (χ1) is 5.27. The maximum absolute atomic E-state index is 9.24. The Hall–Kier alpha value is -0.870. The van der Waals surface area contributed by atoms with E-state index in [0.717, 1.165) is 6.54 Å². The first-order valence-electron chi connectivity index (χ1n) is 3.69. The summed E-state index contributed by atoms with van der Waals surface area (Å²) < 4.78 is 1.76. The molecule has 0 radical (unpaired) electrons. The third-order valence-electron chi connectivity index (χ3n) is 1.55. The summed E-state index contributed by atoms with van der Waals surface area (Å²) in [5.41, 5.74) is 5.90. The van der Waals surface area contributed by atoms with Gasteiger partial charge in [0.05, 0.1) is 5.69 Å². The number of nitrogens with two attached hydrogens (primary N) is 1. The monoisotopic (exact) mass is 155 g/mol. The fourth-order valence-corrected chi connectivity index (χ4v) is 0.852. The second-order valence-corrected chi connectivity index (χ2v) is 2.35. The molecule has 0 spiro atoms. The molecule has 0 amide bonds. The molecule has 0 unspecified atom stereocenters. The van der Waals surface area contributed by atoms with Gasteiger partial charge in [-0.3, -0.25) is 4.68 Å². The minimum Gasteiger partial charge on any atom is -0.385 e. The summed E-state index contributed by atoms with van der Waals surface area (Å²) >= 11 is 0. The number of rotatable bonds is 3. The predicted octanol–water partition coefficient (Wildman–Crippen LogP) is -0.105. The standard InChI is InChI=1S/C7H13N3O/c1-2-10-4-3-6(9-10)7(11)5-8/h3-4,7,11H,2,5,8H2,1H3/t7-/m1/s1. The maximum atomic E-state index is 9.24. The van der Waals surface area contributed by atoms with Crippen LogP contribution in [0.5, 0.6) is 0 Å². The van der Waals surface area contributed by atoms with Crippen LogP contribution in [-0.2, 0) is 6.54 Å². The average molecular weight is 155 g/mol. The minimum absolute atomic E-state index is 0.223. The van der Waals surface area contributed by atoms with Crippen LogP contribution in [0.4, 0.5) is 0 Å². The van der Waals surface area contributed by atoms with E-state index >= 15 is 0 Å². The van der Waals surface area contributed by atoms with Crippen LogP contribution >= 0.6 is 0 Å². The Bertz CT molecular complexity index is 221. The summed E-state index contributed by atoms with van der Waals surface area (Å²) in [5, 5.41) is 13.3. The van der Waals surface area contributed by atoms with E-state index < -0.39 is 6.10 Å². The Labute approximate surface area is 65.6 Å². The third-order valence-corrected chi connectivity index (χ3v) is 1.55. The van der Waals surface area contributed by atoms with Gasteiger partial charge in [0.15, 0.2) is 0 Å². The number of hydrogen-bond acceptors (Lipinski definition) is 3. The largest absolute Gasteiger partial charge is 0.385 e. The Kier molecular flexibility index (Phi) is 2.62. The van der Waals surface area contributed by atoms with Gasteiger partial charge in [-0.25, -0.2) is 0 Å². The van der Waals surface area contributed by atoms with Gasteiger partial charge in [-0.1, -0.05) is 0 Å². The normalized spacial score (nSPS) is 13.4. The van der Waals surface area contributed by atoms with Crippen LogP contribution in [0, 0.1) is 0 Å². The topological polar surface area (TPSA) is 64.1 Å². The van der Waals surface area contributed by atoms with E-state index in [1.807, 2.05) is 13.1 Å². The molecule has 1 heterocycles. The summed E-state index contributed by atoms with van der Waals surface area (Å²) in [5.74, 6) is 0. The lowest BCUT2D eigenvalue weighted by Crippen LogP contribution is -2.12. The van der Waals surface area contributed by atoms with Crippen molar-refractivity contribution in [1.82, 2.24) is 9.78 Å². The number of aromatic nitrogens is 2. The van der Waals surface area contributed by atoms with Gasteiger partial charge in [0, 0.05) is 19.3 Å². The Morgan fingerprint density at radius 2 is 2.55 bits per heavy atom. The van der Waals surface area contributed by atoms with Crippen molar-refractivity contribution in [1.29, 1.82) is 0 Å². The molecule has 62 valence electrons. The highest BCUT2D eigenvalue weighted by Crippen LogP contribution is 2.06. The molecule has 11 heavy (non-hydrogen) atoms. The van der Waals surface area contributed by atoms with Crippen LogP contribution in [0.25, 0.3) is 0 Å². The molecule has 1 aromatic heterocycles. The van der Waals surface area contributed by atoms with E-state index in [1.54, 1.807) is 10.7 Å². The van der Waals surface area contributed by atoms with E-state index in [4.69, 9.17) is 5.73 Å². The molecule has 0 aromatic carbocycles. The molecule has 1 aromatic rings. The highest BCUT2D eigenvalue weighted by molar-refractivity contribution is 5.02. The van der Waals surface area contributed by atoms with Gasteiger partial charge in [0.1, 0.15) is 6.10 Å². The van der Waals surface area contributed by atoms with Crippen LogP contribution in [0.3, 0.4) is 0 Å². The highest BCUT2D eigenvalue weighted by Gasteiger charge is 2.07. The Balaban J connectivity index is 2.71. The predicted molar refractivity (Wildman–Crippen MR) is 41.9 cm³/mol. The summed E-state index contributed by atoms with van der Waals surface area (Å²) in [7, 11) is 0. The van der Waals surface area contributed by atoms with Gasteiger partial charge in [0.2, 0.25) is 0 Å². The fraction of sp³-hybridized carbons (Fsp3) is 0.571.